The van der Waals surface area contributed by atoms with Crippen molar-refractivity contribution < 1.29 is 18.7 Å². The minimum atomic E-state index is -0.486. The number of esters is 1. The summed E-state index contributed by atoms with van der Waals surface area (Å²) >= 11 is 6.72. The van der Waals surface area contributed by atoms with Crippen molar-refractivity contribution in [3.63, 3.8) is 0 Å². The van der Waals surface area contributed by atoms with Gasteiger partial charge in [0.05, 0.1) is 7.11 Å². The Hall–Kier alpha value is -1.92. The smallest absolute Gasteiger partial charge is 0.351 e. The van der Waals surface area contributed by atoms with Crippen LogP contribution in [-0.4, -0.2) is 13.1 Å². The third-order valence-electron chi connectivity index (χ3n) is 3.45. The van der Waals surface area contributed by atoms with E-state index >= 15 is 0 Å². The summed E-state index contributed by atoms with van der Waals surface area (Å²) in [6.45, 7) is 0. The number of rotatable bonds is 3. The van der Waals surface area contributed by atoms with E-state index in [1.54, 1.807) is 31.4 Å². The van der Waals surface area contributed by atoms with Crippen LogP contribution in [0, 0.1) is 5.82 Å². The van der Waals surface area contributed by atoms with Gasteiger partial charge in [0.25, 0.3) is 0 Å². The van der Waals surface area contributed by atoms with Crippen LogP contribution in [0.2, 0.25) is 0 Å². The van der Waals surface area contributed by atoms with Gasteiger partial charge in [-0.15, -0.1) is 0 Å². The maximum absolute atomic E-state index is 13.1. The molecule has 0 radical (unpaired) electrons. The number of allylic oxidation sites excluding steroid dienone is 1. The van der Waals surface area contributed by atoms with E-state index in [4.69, 9.17) is 9.47 Å². The number of hydrogen-bond acceptors (Lipinski definition) is 3. The molecular weight excluding hydrogens is 443 g/mol. The summed E-state index contributed by atoms with van der Waals surface area (Å²) in [5.41, 5.74) is 2.01. The lowest BCUT2D eigenvalue weighted by Crippen LogP contribution is -1.94. The first-order valence-electron chi connectivity index (χ1n) is 6.93. The lowest BCUT2D eigenvalue weighted by atomic mass is 10.0. The summed E-state index contributed by atoms with van der Waals surface area (Å²) in [6, 6.07) is 11.4. The summed E-state index contributed by atoms with van der Waals surface area (Å²) in [5.74, 6) is 0.162. The molecule has 122 valence electrons. The van der Waals surface area contributed by atoms with Crippen molar-refractivity contribution in [1.82, 2.24) is 0 Å². The summed E-state index contributed by atoms with van der Waals surface area (Å²) in [7, 11) is 1.56. The number of benzene rings is 2. The highest BCUT2D eigenvalue weighted by atomic mass is 79.9. The molecule has 1 aliphatic rings. The summed E-state index contributed by atoms with van der Waals surface area (Å²) in [6.07, 6.45) is 1.68. The monoisotopic (exact) mass is 452 g/mol. The largest absolute Gasteiger partial charge is 0.496 e. The molecule has 3 rings (SSSR count). The van der Waals surface area contributed by atoms with Crippen LogP contribution in [0.5, 0.6) is 5.75 Å². The Balaban J connectivity index is 2.14. The highest BCUT2D eigenvalue weighted by molar-refractivity contribution is 9.12. The second-order valence-corrected chi connectivity index (χ2v) is 6.69. The molecule has 0 N–H and O–H groups in total. The third kappa shape index (κ3) is 3.30. The van der Waals surface area contributed by atoms with E-state index in [1.165, 1.54) is 12.1 Å². The number of ether oxygens (including phenoxy) is 2. The highest BCUT2D eigenvalue weighted by Gasteiger charge is 2.31. The van der Waals surface area contributed by atoms with Gasteiger partial charge in [-0.25, -0.2) is 9.18 Å². The fourth-order valence-corrected chi connectivity index (χ4v) is 3.20. The van der Waals surface area contributed by atoms with E-state index in [1.807, 2.05) is 12.1 Å². The lowest BCUT2D eigenvalue weighted by molar-refractivity contribution is -0.132. The first-order chi connectivity index (χ1) is 11.5. The zero-order valence-electron chi connectivity index (χ0n) is 12.5. The van der Waals surface area contributed by atoms with Gasteiger partial charge in [0.2, 0.25) is 0 Å². The van der Waals surface area contributed by atoms with Crippen LogP contribution in [0.3, 0.4) is 0 Å². The van der Waals surface area contributed by atoms with Gasteiger partial charge in [0, 0.05) is 15.6 Å². The summed E-state index contributed by atoms with van der Waals surface area (Å²) in [5, 5.41) is 0. The molecule has 3 nitrogen and oxygen atoms in total. The second kappa shape index (κ2) is 6.91. The van der Waals surface area contributed by atoms with Crippen LogP contribution >= 0.6 is 31.9 Å². The molecule has 1 aliphatic heterocycles. The van der Waals surface area contributed by atoms with Crippen molar-refractivity contribution in [2.45, 2.75) is 0 Å². The molecule has 0 saturated heterocycles. The van der Waals surface area contributed by atoms with Crippen LogP contribution in [-0.2, 0) is 9.53 Å². The Kier molecular flexibility index (Phi) is 4.87. The summed E-state index contributed by atoms with van der Waals surface area (Å²) in [4.78, 5) is 12.0. The van der Waals surface area contributed by atoms with Crippen molar-refractivity contribution >= 4 is 49.5 Å². The number of cyclic esters (lactones) is 1. The second-order valence-electron chi connectivity index (χ2n) is 4.98. The molecular formula is C18H11Br2FO3. The van der Waals surface area contributed by atoms with E-state index in [-0.39, 0.29) is 5.82 Å². The number of halogens is 3. The molecule has 6 heteroatoms. The molecule has 0 bridgehead atoms. The molecule has 0 aliphatic carbocycles. The highest BCUT2D eigenvalue weighted by Crippen LogP contribution is 2.42. The maximum atomic E-state index is 13.1. The summed E-state index contributed by atoms with van der Waals surface area (Å²) < 4.78 is 25.0. The Morgan fingerprint density at radius 3 is 2.50 bits per heavy atom. The SMILES string of the molecule is COc1ccc(Br)cc1C1=C(Br)C(=O)O/C1=C\c1ccc(F)cc1. The Morgan fingerprint density at radius 2 is 1.83 bits per heavy atom. The van der Waals surface area contributed by atoms with E-state index in [0.29, 0.717) is 32.7 Å². The Bertz CT molecular complexity index is 870. The van der Waals surface area contributed by atoms with Gasteiger partial charge in [-0.1, -0.05) is 28.1 Å². The fraction of sp³-hybridized carbons (Fsp3) is 0.0556. The van der Waals surface area contributed by atoms with Crippen LogP contribution in [0.25, 0.3) is 11.6 Å². The van der Waals surface area contributed by atoms with Crippen LogP contribution in [0.1, 0.15) is 11.1 Å². The van der Waals surface area contributed by atoms with Crippen LogP contribution in [0.4, 0.5) is 4.39 Å². The minimum absolute atomic E-state index is 0.312. The molecule has 24 heavy (non-hydrogen) atoms. The molecule has 0 amide bonds. The quantitative estimate of drug-likeness (QED) is 0.591. The predicted molar refractivity (Wildman–Crippen MR) is 97.0 cm³/mol. The van der Waals surface area contributed by atoms with Crippen molar-refractivity contribution in [2.24, 2.45) is 0 Å². The number of hydrogen-bond donors (Lipinski definition) is 0. The molecule has 0 spiro atoms. The zero-order chi connectivity index (χ0) is 17.3. The normalized spacial score (nSPS) is 15.8. The Morgan fingerprint density at radius 1 is 1.12 bits per heavy atom. The van der Waals surface area contributed by atoms with Gasteiger partial charge >= 0.3 is 5.97 Å². The number of carbonyl (C=O) groups is 1. The van der Waals surface area contributed by atoms with Crippen LogP contribution < -0.4 is 4.74 Å². The van der Waals surface area contributed by atoms with Crippen molar-refractivity contribution in [3.05, 3.63) is 74.1 Å². The van der Waals surface area contributed by atoms with E-state index < -0.39 is 5.97 Å². The molecule has 0 aromatic heterocycles. The van der Waals surface area contributed by atoms with Gasteiger partial charge < -0.3 is 9.47 Å². The molecule has 1 heterocycles. The van der Waals surface area contributed by atoms with E-state index in [0.717, 1.165) is 4.47 Å². The molecule has 0 saturated carbocycles. The van der Waals surface area contributed by atoms with Gasteiger partial charge in [-0.05, 0) is 57.9 Å². The van der Waals surface area contributed by atoms with Crippen molar-refractivity contribution in [2.75, 3.05) is 7.11 Å². The molecule has 2 aromatic rings. The van der Waals surface area contributed by atoms with Crippen molar-refractivity contribution in [3.8, 4) is 5.75 Å². The van der Waals surface area contributed by atoms with Gasteiger partial charge in [0.1, 0.15) is 21.8 Å². The molecule has 2 aromatic carbocycles. The van der Waals surface area contributed by atoms with E-state index in [2.05, 4.69) is 31.9 Å². The van der Waals surface area contributed by atoms with Crippen molar-refractivity contribution in [1.29, 1.82) is 0 Å². The molecule has 0 unspecified atom stereocenters. The van der Waals surface area contributed by atoms with Crippen LogP contribution in [0.15, 0.2) is 57.2 Å². The average molecular weight is 454 g/mol. The van der Waals surface area contributed by atoms with Gasteiger partial charge in [0.15, 0.2) is 0 Å². The lowest BCUT2D eigenvalue weighted by Gasteiger charge is -2.11. The zero-order valence-corrected chi connectivity index (χ0v) is 15.6. The standard InChI is InChI=1S/C18H11Br2FO3/c1-23-14-7-4-11(19)9-13(14)16-15(24-18(22)17(16)20)8-10-2-5-12(21)6-3-10/h2-9H,1H3/b15-8-. The van der Waals surface area contributed by atoms with Gasteiger partial charge in [-0.2, -0.15) is 0 Å². The third-order valence-corrected chi connectivity index (χ3v) is 4.66. The fourth-order valence-electron chi connectivity index (χ4n) is 2.34. The topological polar surface area (TPSA) is 35.5 Å². The minimum Gasteiger partial charge on any atom is -0.496 e. The van der Waals surface area contributed by atoms with E-state index in [9.17, 15) is 9.18 Å². The Labute approximate surface area is 155 Å². The van der Waals surface area contributed by atoms with Gasteiger partial charge in [-0.3, -0.25) is 0 Å². The number of methoxy groups -OCH3 is 1. The first kappa shape index (κ1) is 16.9. The predicted octanol–water partition coefficient (Wildman–Crippen LogP) is 5.30. The molecule has 0 fully saturated rings. The first-order valence-corrected chi connectivity index (χ1v) is 8.51. The maximum Gasteiger partial charge on any atom is 0.351 e. The average Bonchev–Trinajstić information content (AvgIpc) is 2.84. The number of carbonyl (C=O) groups excluding carboxylic acids is 1. The molecule has 0 atom stereocenters.